The monoisotopic (exact) mass is 386 g/mol. The van der Waals surface area contributed by atoms with Gasteiger partial charge in [0, 0.05) is 38.4 Å². The smallest absolute Gasteiger partial charge is 0.262 e. The molecule has 0 saturated carbocycles. The third kappa shape index (κ3) is 3.65. The molecule has 0 N–H and O–H groups in total. The van der Waals surface area contributed by atoms with E-state index >= 15 is 0 Å². The number of aryl methyl sites for hydroxylation is 1. The van der Waals surface area contributed by atoms with Crippen LogP contribution in [0.5, 0.6) is 0 Å². The van der Waals surface area contributed by atoms with E-state index in [0.717, 1.165) is 30.8 Å². The van der Waals surface area contributed by atoms with Crippen molar-refractivity contribution < 1.29 is 8.42 Å². The Labute approximate surface area is 158 Å². The molecular formula is C18H22N6O2S. The molecule has 1 aliphatic heterocycles. The van der Waals surface area contributed by atoms with Crippen LogP contribution in [-0.4, -0.2) is 50.1 Å². The summed E-state index contributed by atoms with van der Waals surface area (Å²) >= 11 is 0. The molecule has 8 nitrogen and oxygen atoms in total. The molecule has 0 unspecified atom stereocenters. The van der Waals surface area contributed by atoms with Gasteiger partial charge in [-0.3, -0.25) is 4.57 Å². The minimum Gasteiger partial charge on any atom is -0.339 e. The van der Waals surface area contributed by atoms with Crippen LogP contribution < -0.4 is 0 Å². The molecule has 0 aliphatic carbocycles. The maximum Gasteiger partial charge on any atom is 0.262 e. The fourth-order valence-corrected chi connectivity index (χ4v) is 4.90. The van der Waals surface area contributed by atoms with Crippen molar-refractivity contribution >= 4 is 10.0 Å². The van der Waals surface area contributed by atoms with Gasteiger partial charge in [0.25, 0.3) is 10.0 Å². The Hall–Kier alpha value is -2.52. The molecule has 3 aromatic rings. The van der Waals surface area contributed by atoms with Gasteiger partial charge in [0.1, 0.15) is 12.2 Å². The van der Waals surface area contributed by atoms with Gasteiger partial charge in [-0.25, -0.2) is 13.4 Å². The number of piperidine rings is 1. The number of nitrogens with zero attached hydrogens (tertiary/aromatic N) is 6. The number of aromatic nitrogens is 5. The highest BCUT2D eigenvalue weighted by atomic mass is 32.2. The van der Waals surface area contributed by atoms with Crippen molar-refractivity contribution in [2.24, 2.45) is 13.0 Å². The summed E-state index contributed by atoms with van der Waals surface area (Å²) in [6, 6.07) is 10.00. The highest BCUT2D eigenvalue weighted by molar-refractivity contribution is 7.89. The normalized spacial score (nSPS) is 16.6. The maximum atomic E-state index is 12.7. The topological polar surface area (TPSA) is 85.9 Å². The Morgan fingerprint density at radius 1 is 1.11 bits per heavy atom. The summed E-state index contributed by atoms with van der Waals surface area (Å²) in [5.41, 5.74) is 1.03. The SMILES string of the molecule is Cn1cnc(S(=O)(=O)N2CCC(Cc3nncn3-c3ccccc3)CC2)c1. The first-order valence-electron chi connectivity index (χ1n) is 8.96. The maximum absolute atomic E-state index is 12.7. The molecule has 1 saturated heterocycles. The van der Waals surface area contributed by atoms with E-state index in [1.807, 2.05) is 34.9 Å². The first-order valence-corrected chi connectivity index (χ1v) is 10.4. The molecule has 1 fully saturated rings. The van der Waals surface area contributed by atoms with Crippen molar-refractivity contribution in [2.75, 3.05) is 13.1 Å². The highest BCUT2D eigenvalue weighted by Gasteiger charge is 2.31. The zero-order valence-electron chi connectivity index (χ0n) is 15.1. The Kier molecular flexibility index (Phi) is 4.79. The molecule has 0 radical (unpaired) electrons. The van der Waals surface area contributed by atoms with Gasteiger partial charge in [-0.2, -0.15) is 4.31 Å². The average Bonchev–Trinajstić information content (AvgIpc) is 3.32. The number of rotatable bonds is 5. The Morgan fingerprint density at radius 2 is 1.85 bits per heavy atom. The third-order valence-corrected chi connectivity index (χ3v) is 6.77. The fourth-order valence-electron chi connectivity index (χ4n) is 3.47. The molecule has 0 atom stereocenters. The summed E-state index contributed by atoms with van der Waals surface area (Å²) in [5, 5.41) is 8.45. The first-order chi connectivity index (χ1) is 13.0. The number of benzene rings is 1. The van der Waals surface area contributed by atoms with E-state index in [9.17, 15) is 8.42 Å². The molecule has 142 valence electrons. The lowest BCUT2D eigenvalue weighted by Crippen LogP contribution is -2.39. The van der Waals surface area contributed by atoms with Crippen molar-refractivity contribution in [3.05, 3.63) is 55.0 Å². The summed E-state index contributed by atoms with van der Waals surface area (Å²) < 4.78 is 30.6. The van der Waals surface area contributed by atoms with Crippen LogP contribution in [-0.2, 0) is 23.5 Å². The second-order valence-electron chi connectivity index (χ2n) is 6.88. The minimum atomic E-state index is -3.51. The van der Waals surface area contributed by atoms with Crippen LogP contribution in [0.25, 0.3) is 5.69 Å². The lowest BCUT2D eigenvalue weighted by Gasteiger charge is -2.30. The molecular weight excluding hydrogens is 364 g/mol. The van der Waals surface area contributed by atoms with Crippen LogP contribution in [0.3, 0.4) is 0 Å². The van der Waals surface area contributed by atoms with Crippen LogP contribution >= 0.6 is 0 Å². The van der Waals surface area contributed by atoms with Crippen LogP contribution in [0.4, 0.5) is 0 Å². The number of sulfonamides is 1. The van der Waals surface area contributed by atoms with Gasteiger partial charge in [0.05, 0.1) is 6.33 Å². The standard InChI is InChI=1S/C18H22N6O2S/c1-22-12-18(19-13-22)27(25,26)23-9-7-15(8-10-23)11-17-21-20-14-24(17)16-5-3-2-4-6-16/h2-6,12-15H,7-11H2,1H3. The van der Waals surface area contributed by atoms with Gasteiger partial charge in [-0.1, -0.05) is 18.2 Å². The van der Waals surface area contributed by atoms with Crippen LogP contribution in [0.1, 0.15) is 18.7 Å². The van der Waals surface area contributed by atoms with E-state index in [-0.39, 0.29) is 5.03 Å². The van der Waals surface area contributed by atoms with E-state index in [1.165, 1.54) is 10.6 Å². The molecule has 4 rings (SSSR count). The molecule has 3 heterocycles. The van der Waals surface area contributed by atoms with E-state index in [1.54, 1.807) is 24.1 Å². The molecule has 9 heteroatoms. The molecule has 0 spiro atoms. The van der Waals surface area contributed by atoms with Crippen LogP contribution in [0.15, 0.2) is 54.2 Å². The van der Waals surface area contributed by atoms with Crippen molar-refractivity contribution in [1.29, 1.82) is 0 Å². The first kappa shape index (κ1) is 17.9. The lowest BCUT2D eigenvalue weighted by atomic mass is 9.94. The number of imidazole rings is 1. The average molecular weight is 386 g/mol. The second-order valence-corrected chi connectivity index (χ2v) is 8.77. The lowest BCUT2D eigenvalue weighted by molar-refractivity contribution is 0.269. The van der Waals surface area contributed by atoms with Crippen LogP contribution in [0, 0.1) is 5.92 Å². The zero-order valence-corrected chi connectivity index (χ0v) is 16.0. The van der Waals surface area contributed by atoms with Crippen molar-refractivity contribution in [3.8, 4) is 5.69 Å². The van der Waals surface area contributed by atoms with Crippen molar-refractivity contribution in [3.63, 3.8) is 0 Å². The van der Waals surface area contributed by atoms with Gasteiger partial charge < -0.3 is 4.57 Å². The molecule has 0 amide bonds. The van der Waals surface area contributed by atoms with Gasteiger partial charge in [0.15, 0.2) is 5.03 Å². The molecule has 1 aliphatic rings. The number of para-hydroxylation sites is 1. The van der Waals surface area contributed by atoms with Gasteiger partial charge in [-0.15, -0.1) is 10.2 Å². The van der Waals surface area contributed by atoms with Gasteiger partial charge in [-0.05, 0) is 30.9 Å². The third-order valence-electron chi connectivity index (χ3n) is 4.98. The fraction of sp³-hybridized carbons (Fsp3) is 0.389. The van der Waals surface area contributed by atoms with E-state index in [2.05, 4.69) is 15.2 Å². The van der Waals surface area contributed by atoms with Crippen molar-refractivity contribution in [1.82, 2.24) is 28.6 Å². The van der Waals surface area contributed by atoms with Gasteiger partial charge >= 0.3 is 0 Å². The summed E-state index contributed by atoms with van der Waals surface area (Å²) in [4.78, 5) is 4.00. The Balaban J connectivity index is 1.42. The van der Waals surface area contributed by atoms with Gasteiger partial charge in [0.2, 0.25) is 0 Å². The second kappa shape index (κ2) is 7.24. The predicted molar refractivity (Wildman–Crippen MR) is 99.8 cm³/mol. The predicted octanol–water partition coefficient (Wildman–Crippen LogP) is 1.64. The van der Waals surface area contributed by atoms with Crippen molar-refractivity contribution in [2.45, 2.75) is 24.3 Å². The number of hydrogen-bond acceptors (Lipinski definition) is 5. The summed E-state index contributed by atoms with van der Waals surface area (Å²) in [6.07, 6.45) is 7.17. The van der Waals surface area contributed by atoms with E-state index in [4.69, 9.17) is 0 Å². The molecule has 1 aromatic carbocycles. The minimum absolute atomic E-state index is 0.118. The zero-order chi connectivity index (χ0) is 18.9. The molecule has 2 aromatic heterocycles. The summed E-state index contributed by atoms with van der Waals surface area (Å²) in [6.45, 7) is 1.01. The molecule has 27 heavy (non-hydrogen) atoms. The Bertz CT molecular complexity index is 1000. The number of hydrogen-bond donors (Lipinski definition) is 0. The van der Waals surface area contributed by atoms with E-state index in [0.29, 0.717) is 19.0 Å². The van der Waals surface area contributed by atoms with E-state index < -0.39 is 10.0 Å². The largest absolute Gasteiger partial charge is 0.339 e. The quantitative estimate of drug-likeness (QED) is 0.665. The highest BCUT2D eigenvalue weighted by Crippen LogP contribution is 2.25. The molecule has 0 bridgehead atoms. The summed E-state index contributed by atoms with van der Waals surface area (Å²) in [7, 11) is -1.74. The summed E-state index contributed by atoms with van der Waals surface area (Å²) in [5.74, 6) is 1.29. The van der Waals surface area contributed by atoms with Crippen LogP contribution in [0.2, 0.25) is 0 Å². The Morgan fingerprint density at radius 3 is 2.52 bits per heavy atom.